The van der Waals surface area contributed by atoms with Gasteiger partial charge in [0.15, 0.2) is 4.96 Å². The van der Waals surface area contributed by atoms with Gasteiger partial charge in [0.25, 0.3) is 0 Å². The van der Waals surface area contributed by atoms with Crippen LogP contribution in [0.25, 0.3) is 4.96 Å². The van der Waals surface area contributed by atoms with E-state index in [1.54, 1.807) is 11.3 Å². The number of imidazole rings is 1. The number of esters is 1. The Morgan fingerprint density at radius 3 is 3.05 bits per heavy atom. The molecule has 19 heavy (non-hydrogen) atoms. The van der Waals surface area contributed by atoms with Gasteiger partial charge in [-0.15, -0.1) is 11.3 Å². The number of nitrogens with zero attached hydrogens (tertiary/aromatic N) is 2. The number of hydrogen-bond donors (Lipinski definition) is 1. The first kappa shape index (κ1) is 14.0. The number of aryl methyl sites for hydroxylation is 2. The lowest BCUT2D eigenvalue weighted by Gasteiger charge is -2.05. The van der Waals surface area contributed by atoms with Gasteiger partial charge in [-0.2, -0.15) is 0 Å². The molecule has 104 valence electrons. The van der Waals surface area contributed by atoms with Crippen LogP contribution in [0.1, 0.15) is 29.6 Å². The first-order valence-corrected chi connectivity index (χ1v) is 7.23. The van der Waals surface area contributed by atoms with Crippen molar-refractivity contribution in [3.05, 3.63) is 22.5 Å². The molecule has 0 aromatic carbocycles. The Kier molecular flexibility index (Phi) is 4.55. The molecule has 0 fully saturated rings. The van der Waals surface area contributed by atoms with E-state index in [1.165, 1.54) is 4.88 Å². The van der Waals surface area contributed by atoms with Gasteiger partial charge in [0.05, 0.1) is 24.4 Å². The van der Waals surface area contributed by atoms with E-state index >= 15 is 0 Å². The monoisotopic (exact) mass is 281 g/mol. The first-order valence-electron chi connectivity index (χ1n) is 6.42. The molecule has 2 rings (SSSR count). The minimum atomic E-state index is -0.156. The molecule has 2 heterocycles. The minimum Gasteiger partial charge on any atom is -0.466 e. The summed E-state index contributed by atoms with van der Waals surface area (Å²) < 4.78 is 7.00. The number of carbonyl (C=O) groups excluding carboxylic acids is 1. The summed E-state index contributed by atoms with van der Waals surface area (Å²) in [6, 6.07) is 0. The highest BCUT2D eigenvalue weighted by Crippen LogP contribution is 2.20. The summed E-state index contributed by atoms with van der Waals surface area (Å²) in [6.07, 6.45) is 2.50. The van der Waals surface area contributed by atoms with Crippen molar-refractivity contribution in [1.82, 2.24) is 14.7 Å². The van der Waals surface area contributed by atoms with E-state index in [1.807, 2.05) is 13.8 Å². The number of rotatable bonds is 6. The second-order valence-corrected chi connectivity index (χ2v) is 5.58. The van der Waals surface area contributed by atoms with E-state index in [0.29, 0.717) is 26.1 Å². The van der Waals surface area contributed by atoms with E-state index < -0.39 is 0 Å². The average Bonchev–Trinajstić information content (AvgIpc) is 2.81. The summed E-state index contributed by atoms with van der Waals surface area (Å²) in [5.41, 5.74) is 2.19. The molecule has 0 saturated heterocycles. The van der Waals surface area contributed by atoms with Crippen LogP contribution in [-0.2, 0) is 16.1 Å². The van der Waals surface area contributed by atoms with Crippen molar-refractivity contribution >= 4 is 22.3 Å². The zero-order chi connectivity index (χ0) is 13.8. The third-order valence-electron chi connectivity index (χ3n) is 2.84. The first-order chi connectivity index (χ1) is 9.11. The van der Waals surface area contributed by atoms with E-state index in [9.17, 15) is 4.79 Å². The van der Waals surface area contributed by atoms with Crippen LogP contribution in [-0.4, -0.2) is 28.5 Å². The molecule has 0 unspecified atom stereocenters. The highest BCUT2D eigenvalue weighted by molar-refractivity contribution is 7.17. The molecule has 0 aliphatic rings. The van der Waals surface area contributed by atoms with Crippen LogP contribution in [0.4, 0.5) is 0 Å². The van der Waals surface area contributed by atoms with Gasteiger partial charge in [-0.3, -0.25) is 9.20 Å². The van der Waals surface area contributed by atoms with Gasteiger partial charge in [-0.1, -0.05) is 0 Å². The third-order valence-corrected chi connectivity index (χ3v) is 3.74. The Hall–Kier alpha value is -1.40. The van der Waals surface area contributed by atoms with Gasteiger partial charge in [-0.05, 0) is 20.8 Å². The number of ether oxygens (including phenoxy) is 1. The molecular formula is C13H19N3O2S. The zero-order valence-electron chi connectivity index (χ0n) is 11.5. The molecule has 2 aromatic rings. The second-order valence-electron chi connectivity index (χ2n) is 4.37. The largest absolute Gasteiger partial charge is 0.466 e. The molecule has 0 saturated carbocycles. The maximum absolute atomic E-state index is 11.2. The molecular weight excluding hydrogens is 262 g/mol. The van der Waals surface area contributed by atoms with Crippen molar-refractivity contribution in [1.29, 1.82) is 0 Å². The van der Waals surface area contributed by atoms with Gasteiger partial charge in [0.1, 0.15) is 0 Å². The molecule has 1 N–H and O–H groups in total. The molecule has 2 aromatic heterocycles. The predicted octanol–water partition coefficient (Wildman–Crippen LogP) is 2.06. The van der Waals surface area contributed by atoms with Crippen molar-refractivity contribution < 1.29 is 9.53 Å². The fourth-order valence-electron chi connectivity index (χ4n) is 1.95. The Morgan fingerprint density at radius 2 is 2.32 bits per heavy atom. The normalized spacial score (nSPS) is 11.1. The summed E-state index contributed by atoms with van der Waals surface area (Å²) in [6.45, 7) is 7.67. The molecule has 0 spiro atoms. The quantitative estimate of drug-likeness (QED) is 0.650. The van der Waals surface area contributed by atoms with E-state index in [0.717, 1.165) is 16.3 Å². The molecule has 5 nitrogen and oxygen atoms in total. The summed E-state index contributed by atoms with van der Waals surface area (Å²) >= 11 is 1.69. The summed E-state index contributed by atoms with van der Waals surface area (Å²) in [7, 11) is 0. The Morgan fingerprint density at radius 1 is 1.53 bits per heavy atom. The summed E-state index contributed by atoms with van der Waals surface area (Å²) in [5.74, 6) is -0.156. The topological polar surface area (TPSA) is 55.6 Å². The van der Waals surface area contributed by atoms with Gasteiger partial charge >= 0.3 is 5.97 Å². The predicted molar refractivity (Wildman–Crippen MR) is 75.5 cm³/mol. The fraction of sp³-hybridized carbons (Fsp3) is 0.538. The third kappa shape index (κ3) is 3.33. The van der Waals surface area contributed by atoms with Crippen LogP contribution in [0.2, 0.25) is 0 Å². The Labute approximate surface area is 116 Å². The van der Waals surface area contributed by atoms with Crippen LogP contribution >= 0.6 is 11.3 Å². The highest BCUT2D eigenvalue weighted by Gasteiger charge is 2.10. The van der Waals surface area contributed by atoms with Crippen molar-refractivity contribution in [3.8, 4) is 0 Å². The Bertz CT molecular complexity index is 574. The van der Waals surface area contributed by atoms with Crippen LogP contribution < -0.4 is 5.32 Å². The van der Waals surface area contributed by atoms with Gasteiger partial charge in [-0.25, -0.2) is 4.98 Å². The zero-order valence-corrected chi connectivity index (χ0v) is 12.3. The maximum atomic E-state index is 11.2. The van der Waals surface area contributed by atoms with Gasteiger partial charge < -0.3 is 10.1 Å². The van der Waals surface area contributed by atoms with Crippen molar-refractivity contribution in [3.63, 3.8) is 0 Å². The standard InChI is InChI=1S/C13H19N3O2S/c1-4-18-12(17)5-6-14-7-11-10(3)15-13-16(11)8-9(2)19-13/h8,14H,4-7H2,1-3H3. The number of thiazole rings is 1. The lowest BCUT2D eigenvalue weighted by Crippen LogP contribution is -2.20. The lowest BCUT2D eigenvalue weighted by atomic mass is 10.3. The lowest BCUT2D eigenvalue weighted by molar-refractivity contribution is -0.142. The Balaban J connectivity index is 1.90. The van der Waals surface area contributed by atoms with Crippen molar-refractivity contribution in [2.75, 3.05) is 13.2 Å². The highest BCUT2D eigenvalue weighted by atomic mass is 32.1. The number of aromatic nitrogens is 2. The van der Waals surface area contributed by atoms with E-state index in [4.69, 9.17) is 4.74 Å². The summed E-state index contributed by atoms with van der Waals surface area (Å²) in [5, 5.41) is 3.26. The van der Waals surface area contributed by atoms with Crippen molar-refractivity contribution in [2.24, 2.45) is 0 Å². The van der Waals surface area contributed by atoms with Crippen LogP contribution in [0.3, 0.4) is 0 Å². The van der Waals surface area contributed by atoms with Gasteiger partial charge in [0, 0.05) is 24.2 Å². The molecule has 0 atom stereocenters. The van der Waals surface area contributed by atoms with Crippen LogP contribution in [0.15, 0.2) is 6.20 Å². The number of fused-ring (bicyclic) bond motifs is 1. The minimum absolute atomic E-state index is 0.156. The van der Waals surface area contributed by atoms with Crippen LogP contribution in [0.5, 0.6) is 0 Å². The van der Waals surface area contributed by atoms with Crippen molar-refractivity contribution in [2.45, 2.75) is 33.7 Å². The molecule has 0 aliphatic carbocycles. The maximum Gasteiger partial charge on any atom is 0.307 e. The van der Waals surface area contributed by atoms with Crippen LogP contribution in [0, 0.1) is 13.8 Å². The summed E-state index contributed by atoms with van der Waals surface area (Å²) in [4.78, 5) is 18.0. The van der Waals surface area contributed by atoms with Gasteiger partial charge in [0.2, 0.25) is 0 Å². The number of hydrogen-bond acceptors (Lipinski definition) is 5. The molecule has 0 aliphatic heterocycles. The second kappa shape index (κ2) is 6.16. The smallest absolute Gasteiger partial charge is 0.307 e. The molecule has 0 bridgehead atoms. The van der Waals surface area contributed by atoms with E-state index in [2.05, 4.69) is 27.8 Å². The molecule has 6 heteroatoms. The number of carbonyl (C=O) groups is 1. The average molecular weight is 281 g/mol. The van der Waals surface area contributed by atoms with E-state index in [-0.39, 0.29) is 5.97 Å². The molecule has 0 amide bonds. The number of nitrogens with one attached hydrogen (secondary N) is 1. The SMILES string of the molecule is CCOC(=O)CCNCc1c(C)nc2sc(C)cn12. The fourth-order valence-corrected chi connectivity index (χ4v) is 2.84. The molecule has 0 radical (unpaired) electrons.